The molecule has 0 radical (unpaired) electrons. The SMILES string of the molecule is C=C1CC=Nc2ncccc21. The lowest BCUT2D eigenvalue weighted by atomic mass is 10.0. The molecule has 0 saturated carbocycles. The lowest BCUT2D eigenvalue weighted by Crippen LogP contribution is -1.92. The highest BCUT2D eigenvalue weighted by atomic mass is 14.9. The summed E-state index contributed by atoms with van der Waals surface area (Å²) in [6.45, 7) is 3.92. The molecule has 2 heteroatoms. The molecule has 11 heavy (non-hydrogen) atoms. The summed E-state index contributed by atoms with van der Waals surface area (Å²) in [5.41, 5.74) is 2.18. The molecule has 1 aromatic rings. The van der Waals surface area contributed by atoms with Gasteiger partial charge < -0.3 is 0 Å². The number of fused-ring (bicyclic) bond motifs is 1. The van der Waals surface area contributed by atoms with Gasteiger partial charge in [0.05, 0.1) is 0 Å². The maximum atomic E-state index is 4.15. The Morgan fingerprint density at radius 1 is 1.45 bits per heavy atom. The summed E-state index contributed by atoms with van der Waals surface area (Å²) in [7, 11) is 0. The summed E-state index contributed by atoms with van der Waals surface area (Å²) < 4.78 is 0. The Balaban J connectivity index is 2.63. The molecule has 0 unspecified atom stereocenters. The monoisotopic (exact) mass is 144 g/mol. The van der Waals surface area contributed by atoms with Crippen LogP contribution in [0, 0.1) is 0 Å². The van der Waals surface area contributed by atoms with E-state index in [1.165, 1.54) is 0 Å². The van der Waals surface area contributed by atoms with E-state index in [-0.39, 0.29) is 0 Å². The first-order valence-electron chi connectivity index (χ1n) is 3.53. The van der Waals surface area contributed by atoms with Gasteiger partial charge in [0.25, 0.3) is 0 Å². The Bertz CT molecular complexity index is 326. The van der Waals surface area contributed by atoms with E-state index in [2.05, 4.69) is 16.6 Å². The van der Waals surface area contributed by atoms with Crippen molar-refractivity contribution in [1.29, 1.82) is 0 Å². The highest BCUT2D eigenvalue weighted by molar-refractivity contribution is 5.87. The molecule has 0 aromatic carbocycles. The zero-order chi connectivity index (χ0) is 7.68. The van der Waals surface area contributed by atoms with Crippen molar-refractivity contribution < 1.29 is 0 Å². The van der Waals surface area contributed by atoms with Crippen LogP contribution < -0.4 is 0 Å². The first-order valence-corrected chi connectivity index (χ1v) is 3.53. The fourth-order valence-corrected chi connectivity index (χ4v) is 1.13. The molecule has 0 atom stereocenters. The van der Waals surface area contributed by atoms with Gasteiger partial charge >= 0.3 is 0 Å². The van der Waals surface area contributed by atoms with Crippen molar-refractivity contribution in [2.45, 2.75) is 6.42 Å². The number of hydrogen-bond donors (Lipinski definition) is 0. The zero-order valence-electron chi connectivity index (χ0n) is 6.12. The van der Waals surface area contributed by atoms with Crippen LogP contribution in [0.5, 0.6) is 0 Å². The highest BCUT2D eigenvalue weighted by Crippen LogP contribution is 2.27. The van der Waals surface area contributed by atoms with E-state index in [4.69, 9.17) is 0 Å². The van der Waals surface area contributed by atoms with E-state index >= 15 is 0 Å². The van der Waals surface area contributed by atoms with E-state index in [0.717, 1.165) is 23.4 Å². The number of aromatic nitrogens is 1. The van der Waals surface area contributed by atoms with Gasteiger partial charge in [0.2, 0.25) is 0 Å². The molecule has 0 bridgehead atoms. The van der Waals surface area contributed by atoms with Crippen LogP contribution in [0.3, 0.4) is 0 Å². The van der Waals surface area contributed by atoms with Gasteiger partial charge in [-0.25, -0.2) is 9.98 Å². The van der Waals surface area contributed by atoms with Crippen LogP contribution in [-0.2, 0) is 0 Å². The summed E-state index contributed by atoms with van der Waals surface area (Å²) >= 11 is 0. The van der Waals surface area contributed by atoms with Gasteiger partial charge in [-0.2, -0.15) is 0 Å². The molecule has 0 amide bonds. The number of pyridine rings is 1. The minimum Gasteiger partial charge on any atom is -0.241 e. The lowest BCUT2D eigenvalue weighted by Gasteiger charge is -2.09. The Kier molecular flexibility index (Phi) is 1.32. The third kappa shape index (κ3) is 0.963. The van der Waals surface area contributed by atoms with Crippen LogP contribution in [0.4, 0.5) is 5.82 Å². The second kappa shape index (κ2) is 2.31. The molecule has 0 spiro atoms. The molecule has 2 heterocycles. The second-order valence-electron chi connectivity index (χ2n) is 2.49. The molecule has 2 nitrogen and oxygen atoms in total. The summed E-state index contributed by atoms with van der Waals surface area (Å²) in [6, 6.07) is 3.91. The largest absolute Gasteiger partial charge is 0.241 e. The quantitative estimate of drug-likeness (QED) is 0.548. The molecular weight excluding hydrogens is 136 g/mol. The number of allylic oxidation sites excluding steroid dienone is 1. The van der Waals surface area contributed by atoms with Gasteiger partial charge in [0, 0.05) is 24.4 Å². The summed E-state index contributed by atoms with van der Waals surface area (Å²) in [6.07, 6.45) is 4.44. The van der Waals surface area contributed by atoms with Gasteiger partial charge in [0.15, 0.2) is 5.82 Å². The minimum absolute atomic E-state index is 0.795. The number of aliphatic imine (C=N–C) groups is 1. The zero-order valence-corrected chi connectivity index (χ0v) is 6.12. The normalized spacial score (nSPS) is 14.7. The third-order valence-electron chi connectivity index (χ3n) is 1.72. The lowest BCUT2D eigenvalue weighted by molar-refractivity contribution is 1.23. The molecule has 0 fully saturated rings. The van der Waals surface area contributed by atoms with Crippen LogP contribution in [0.25, 0.3) is 5.57 Å². The number of rotatable bonds is 0. The predicted molar refractivity (Wildman–Crippen MR) is 46.0 cm³/mol. The maximum absolute atomic E-state index is 4.15. The van der Waals surface area contributed by atoms with Crippen LogP contribution in [0.1, 0.15) is 12.0 Å². The fourth-order valence-electron chi connectivity index (χ4n) is 1.13. The molecule has 54 valence electrons. The smallest absolute Gasteiger partial charge is 0.159 e. The van der Waals surface area contributed by atoms with Crippen molar-refractivity contribution in [3.8, 4) is 0 Å². The second-order valence-corrected chi connectivity index (χ2v) is 2.49. The third-order valence-corrected chi connectivity index (χ3v) is 1.72. The molecular formula is C9H8N2. The van der Waals surface area contributed by atoms with Crippen LogP contribution in [0.15, 0.2) is 29.9 Å². The van der Waals surface area contributed by atoms with Crippen LogP contribution in [0.2, 0.25) is 0 Å². The van der Waals surface area contributed by atoms with Crippen molar-refractivity contribution in [3.05, 3.63) is 30.5 Å². The molecule has 1 aliphatic rings. The van der Waals surface area contributed by atoms with Gasteiger partial charge in [0.1, 0.15) is 0 Å². The average molecular weight is 144 g/mol. The van der Waals surface area contributed by atoms with Gasteiger partial charge in [-0.1, -0.05) is 6.58 Å². The average Bonchev–Trinajstić information content (AvgIpc) is 2.06. The van der Waals surface area contributed by atoms with E-state index in [1.54, 1.807) is 6.20 Å². The van der Waals surface area contributed by atoms with E-state index in [0.29, 0.717) is 0 Å². The topological polar surface area (TPSA) is 25.2 Å². The first-order chi connectivity index (χ1) is 5.38. The van der Waals surface area contributed by atoms with E-state index in [1.807, 2.05) is 18.3 Å². The number of nitrogens with zero attached hydrogens (tertiary/aromatic N) is 2. The van der Waals surface area contributed by atoms with Gasteiger partial charge in [-0.3, -0.25) is 0 Å². The molecule has 1 aliphatic heterocycles. The van der Waals surface area contributed by atoms with Crippen LogP contribution in [-0.4, -0.2) is 11.2 Å². The van der Waals surface area contributed by atoms with Crippen molar-refractivity contribution >= 4 is 17.6 Å². The van der Waals surface area contributed by atoms with Crippen LogP contribution >= 0.6 is 0 Å². The first kappa shape index (κ1) is 6.28. The van der Waals surface area contributed by atoms with Crippen molar-refractivity contribution in [1.82, 2.24) is 4.98 Å². The molecule has 0 saturated heterocycles. The Morgan fingerprint density at radius 2 is 2.36 bits per heavy atom. The fraction of sp³-hybridized carbons (Fsp3) is 0.111. The summed E-state index contributed by atoms with van der Waals surface area (Å²) in [5.74, 6) is 0.795. The Labute approximate surface area is 65.3 Å². The van der Waals surface area contributed by atoms with Crippen molar-refractivity contribution in [3.63, 3.8) is 0 Å². The molecule has 1 aromatic heterocycles. The summed E-state index contributed by atoms with van der Waals surface area (Å²) in [5, 5.41) is 0. The van der Waals surface area contributed by atoms with E-state index in [9.17, 15) is 0 Å². The summed E-state index contributed by atoms with van der Waals surface area (Å²) in [4.78, 5) is 8.26. The molecule has 0 aliphatic carbocycles. The Morgan fingerprint density at radius 3 is 3.18 bits per heavy atom. The van der Waals surface area contributed by atoms with Crippen molar-refractivity contribution in [2.75, 3.05) is 0 Å². The highest BCUT2D eigenvalue weighted by Gasteiger charge is 2.07. The van der Waals surface area contributed by atoms with E-state index < -0.39 is 0 Å². The minimum atomic E-state index is 0.795. The maximum Gasteiger partial charge on any atom is 0.159 e. The van der Waals surface area contributed by atoms with Gasteiger partial charge in [-0.15, -0.1) is 0 Å². The molecule has 2 rings (SSSR count). The Hall–Kier alpha value is -1.44. The number of hydrogen-bond acceptors (Lipinski definition) is 2. The van der Waals surface area contributed by atoms with Crippen molar-refractivity contribution in [2.24, 2.45) is 4.99 Å². The predicted octanol–water partition coefficient (Wildman–Crippen LogP) is 2.20. The molecule has 0 N–H and O–H groups in total. The van der Waals surface area contributed by atoms with Gasteiger partial charge in [-0.05, 0) is 17.7 Å². The standard InChI is InChI=1S/C9H8N2/c1-7-4-6-11-9-8(7)3-2-5-10-9/h2-3,5-6H,1,4H2.